The van der Waals surface area contributed by atoms with E-state index in [0.717, 1.165) is 25.7 Å². The monoisotopic (exact) mass is 283 g/mol. The van der Waals surface area contributed by atoms with E-state index in [4.69, 9.17) is 15.2 Å². The molecule has 5 heteroatoms. The predicted molar refractivity (Wildman–Crippen MR) is 74.4 cm³/mol. The van der Waals surface area contributed by atoms with Crippen molar-refractivity contribution in [1.82, 2.24) is 0 Å². The zero-order chi connectivity index (χ0) is 14.7. The zero-order valence-corrected chi connectivity index (χ0v) is 11.9. The van der Waals surface area contributed by atoms with Crippen molar-refractivity contribution in [3.63, 3.8) is 0 Å². The summed E-state index contributed by atoms with van der Waals surface area (Å²) < 4.78 is 24.3. The Morgan fingerprint density at radius 2 is 1.75 bits per heavy atom. The molecule has 0 radical (unpaired) electrons. The van der Waals surface area contributed by atoms with Crippen LogP contribution in [0.4, 0.5) is 4.39 Å². The molecule has 4 nitrogen and oxygen atoms in total. The summed E-state index contributed by atoms with van der Waals surface area (Å²) in [6.45, 7) is 0. The van der Waals surface area contributed by atoms with Crippen LogP contribution in [0, 0.1) is 11.7 Å². The fourth-order valence-corrected chi connectivity index (χ4v) is 2.90. The second-order valence-corrected chi connectivity index (χ2v) is 5.29. The standard InChI is InChI=1S/C15H22FNO3/c1-19-12-7-10(11(16)8-13(12)20-2)14(17)15(18)9-5-3-4-6-9/h7-9,14-15,18H,3-6,17H2,1-2H3/t14-,15+/m1/s1. The molecule has 2 atom stereocenters. The first-order valence-electron chi connectivity index (χ1n) is 6.93. The van der Waals surface area contributed by atoms with E-state index in [1.54, 1.807) is 0 Å². The van der Waals surface area contributed by atoms with Gasteiger partial charge < -0.3 is 20.3 Å². The maximum Gasteiger partial charge on any atom is 0.163 e. The highest BCUT2D eigenvalue weighted by Gasteiger charge is 2.30. The van der Waals surface area contributed by atoms with Crippen molar-refractivity contribution < 1.29 is 19.0 Å². The third-order valence-electron chi connectivity index (χ3n) is 4.11. The van der Waals surface area contributed by atoms with Crippen LogP contribution in [0.5, 0.6) is 11.5 Å². The molecule has 0 amide bonds. The van der Waals surface area contributed by atoms with Gasteiger partial charge in [0.1, 0.15) is 5.82 Å². The van der Waals surface area contributed by atoms with Crippen molar-refractivity contribution in [2.75, 3.05) is 14.2 Å². The molecule has 20 heavy (non-hydrogen) atoms. The van der Waals surface area contributed by atoms with Crippen LogP contribution in [0.15, 0.2) is 12.1 Å². The van der Waals surface area contributed by atoms with Crippen molar-refractivity contribution in [3.05, 3.63) is 23.5 Å². The number of ether oxygens (including phenoxy) is 2. The van der Waals surface area contributed by atoms with Gasteiger partial charge in [0.25, 0.3) is 0 Å². The number of aliphatic hydroxyl groups excluding tert-OH is 1. The zero-order valence-electron chi connectivity index (χ0n) is 11.9. The van der Waals surface area contributed by atoms with Gasteiger partial charge in [-0.3, -0.25) is 0 Å². The Bertz CT molecular complexity index is 461. The summed E-state index contributed by atoms with van der Waals surface area (Å²) in [5.74, 6) is 0.402. The highest BCUT2D eigenvalue weighted by Crippen LogP contribution is 2.36. The van der Waals surface area contributed by atoms with Gasteiger partial charge in [0.15, 0.2) is 11.5 Å². The minimum Gasteiger partial charge on any atom is -0.493 e. The van der Waals surface area contributed by atoms with E-state index in [1.807, 2.05) is 0 Å². The van der Waals surface area contributed by atoms with Crippen LogP contribution >= 0.6 is 0 Å². The van der Waals surface area contributed by atoms with Gasteiger partial charge in [-0.15, -0.1) is 0 Å². The molecule has 1 aliphatic rings. The molecule has 3 N–H and O–H groups in total. The minimum absolute atomic E-state index is 0.150. The normalized spacial score (nSPS) is 18.9. The third-order valence-corrected chi connectivity index (χ3v) is 4.11. The lowest BCUT2D eigenvalue weighted by molar-refractivity contribution is 0.0831. The minimum atomic E-state index is -0.752. The molecular formula is C15H22FNO3. The van der Waals surface area contributed by atoms with Crippen molar-refractivity contribution in [3.8, 4) is 11.5 Å². The third kappa shape index (κ3) is 2.88. The van der Waals surface area contributed by atoms with Crippen LogP contribution in [0.1, 0.15) is 37.3 Å². The highest BCUT2D eigenvalue weighted by atomic mass is 19.1. The molecule has 112 valence electrons. The van der Waals surface area contributed by atoms with E-state index < -0.39 is 18.0 Å². The maximum atomic E-state index is 14.1. The van der Waals surface area contributed by atoms with Crippen molar-refractivity contribution in [2.45, 2.75) is 37.8 Å². The molecule has 0 aliphatic heterocycles. The fourth-order valence-electron chi connectivity index (χ4n) is 2.90. The molecule has 0 spiro atoms. The molecular weight excluding hydrogens is 261 g/mol. The Kier molecular flexibility index (Phi) is 4.83. The summed E-state index contributed by atoms with van der Waals surface area (Å²) in [4.78, 5) is 0. The number of aliphatic hydroxyl groups is 1. The Morgan fingerprint density at radius 3 is 2.30 bits per heavy atom. The summed E-state index contributed by atoms with van der Waals surface area (Å²) in [7, 11) is 2.93. The molecule has 1 saturated carbocycles. The quantitative estimate of drug-likeness (QED) is 0.871. The second kappa shape index (κ2) is 6.41. The topological polar surface area (TPSA) is 64.7 Å². The van der Waals surface area contributed by atoms with Gasteiger partial charge in [0, 0.05) is 11.6 Å². The average Bonchev–Trinajstić information content (AvgIpc) is 2.99. The molecule has 0 aromatic heterocycles. The van der Waals surface area contributed by atoms with E-state index in [9.17, 15) is 9.50 Å². The largest absolute Gasteiger partial charge is 0.493 e. The van der Waals surface area contributed by atoms with Crippen LogP contribution in [-0.4, -0.2) is 25.4 Å². The molecule has 1 aromatic rings. The van der Waals surface area contributed by atoms with Gasteiger partial charge in [0.05, 0.1) is 26.4 Å². The van der Waals surface area contributed by atoms with E-state index in [2.05, 4.69) is 0 Å². The van der Waals surface area contributed by atoms with Crippen molar-refractivity contribution in [2.24, 2.45) is 11.7 Å². The highest BCUT2D eigenvalue weighted by molar-refractivity contribution is 5.44. The van der Waals surface area contributed by atoms with Crippen LogP contribution in [0.3, 0.4) is 0 Å². The number of hydrogen-bond acceptors (Lipinski definition) is 4. The number of halogens is 1. The fraction of sp³-hybridized carbons (Fsp3) is 0.600. The summed E-state index contributed by atoms with van der Waals surface area (Å²) in [5, 5.41) is 10.3. The Hall–Kier alpha value is -1.33. The summed E-state index contributed by atoms with van der Waals surface area (Å²) >= 11 is 0. The summed E-state index contributed by atoms with van der Waals surface area (Å²) in [6.07, 6.45) is 3.37. The Labute approximate surface area is 118 Å². The lowest BCUT2D eigenvalue weighted by Gasteiger charge is -2.25. The Morgan fingerprint density at radius 1 is 1.20 bits per heavy atom. The van der Waals surface area contributed by atoms with Gasteiger partial charge in [-0.05, 0) is 24.8 Å². The average molecular weight is 283 g/mol. The van der Waals surface area contributed by atoms with Gasteiger partial charge in [-0.25, -0.2) is 4.39 Å². The SMILES string of the molecule is COc1cc(F)c([C@@H](N)[C@@H](O)C2CCCC2)cc1OC. The van der Waals surface area contributed by atoms with E-state index >= 15 is 0 Å². The van der Waals surface area contributed by atoms with E-state index in [1.165, 1.54) is 26.4 Å². The Balaban J connectivity index is 2.26. The van der Waals surface area contributed by atoms with Crippen molar-refractivity contribution >= 4 is 0 Å². The second-order valence-electron chi connectivity index (χ2n) is 5.29. The summed E-state index contributed by atoms with van der Waals surface area (Å²) in [6, 6.07) is 2.00. The van der Waals surface area contributed by atoms with E-state index in [0.29, 0.717) is 11.5 Å². The first-order chi connectivity index (χ1) is 9.58. The molecule has 0 saturated heterocycles. The number of rotatable bonds is 5. The lowest BCUT2D eigenvalue weighted by atomic mass is 9.90. The number of methoxy groups -OCH3 is 2. The molecule has 0 bridgehead atoms. The van der Waals surface area contributed by atoms with E-state index in [-0.39, 0.29) is 11.5 Å². The molecule has 0 heterocycles. The molecule has 2 rings (SSSR count). The number of hydrogen-bond donors (Lipinski definition) is 2. The first-order valence-corrected chi connectivity index (χ1v) is 6.93. The lowest BCUT2D eigenvalue weighted by Crippen LogP contribution is -2.32. The van der Waals surface area contributed by atoms with Crippen LogP contribution in [0.25, 0.3) is 0 Å². The molecule has 1 aromatic carbocycles. The molecule has 1 fully saturated rings. The number of benzene rings is 1. The van der Waals surface area contributed by atoms with Gasteiger partial charge in [0.2, 0.25) is 0 Å². The van der Waals surface area contributed by atoms with Crippen LogP contribution in [-0.2, 0) is 0 Å². The first kappa shape index (κ1) is 15.1. The smallest absolute Gasteiger partial charge is 0.163 e. The maximum absolute atomic E-state index is 14.1. The van der Waals surface area contributed by atoms with Gasteiger partial charge in [-0.1, -0.05) is 12.8 Å². The van der Waals surface area contributed by atoms with Gasteiger partial charge >= 0.3 is 0 Å². The molecule has 1 aliphatic carbocycles. The van der Waals surface area contributed by atoms with Crippen LogP contribution < -0.4 is 15.2 Å². The number of nitrogens with two attached hydrogens (primary N) is 1. The predicted octanol–water partition coefficient (Wildman–Crippen LogP) is 2.39. The van der Waals surface area contributed by atoms with Crippen LogP contribution in [0.2, 0.25) is 0 Å². The molecule has 0 unspecified atom stereocenters. The van der Waals surface area contributed by atoms with Gasteiger partial charge in [-0.2, -0.15) is 0 Å². The van der Waals surface area contributed by atoms with Crippen molar-refractivity contribution in [1.29, 1.82) is 0 Å². The summed E-state index contributed by atoms with van der Waals surface area (Å²) in [5.41, 5.74) is 6.31.